The third-order valence-corrected chi connectivity index (χ3v) is 4.57. The summed E-state index contributed by atoms with van der Waals surface area (Å²) in [4.78, 5) is 32.4. The largest absolute Gasteiger partial charge is 0.465 e. The van der Waals surface area contributed by atoms with Crippen LogP contribution >= 0.6 is 0 Å². The predicted molar refractivity (Wildman–Crippen MR) is 117 cm³/mol. The maximum Gasteiger partial charge on any atom is 0.337 e. The highest BCUT2D eigenvalue weighted by Gasteiger charge is 2.16. The number of aromatic nitrogens is 2. The first-order valence-corrected chi connectivity index (χ1v) is 9.43. The average molecular weight is 421 g/mol. The van der Waals surface area contributed by atoms with Crippen molar-refractivity contribution in [3.8, 4) is 0 Å². The number of nitrogens with zero attached hydrogens (tertiary/aromatic N) is 2. The second-order valence-electron chi connectivity index (χ2n) is 6.67. The first-order valence-electron chi connectivity index (χ1n) is 9.43. The van der Waals surface area contributed by atoms with Crippen molar-refractivity contribution >= 4 is 34.9 Å². The summed E-state index contributed by atoms with van der Waals surface area (Å²) < 4.78 is 9.52. The Kier molecular flexibility index (Phi) is 6.66. The van der Waals surface area contributed by atoms with E-state index < -0.39 is 11.9 Å². The van der Waals surface area contributed by atoms with E-state index >= 15 is 0 Å². The Bertz CT molecular complexity index is 1050. The number of carbonyl (C=O) groups is 2. The topological polar surface area (TPSA) is 128 Å². The molecule has 0 amide bonds. The van der Waals surface area contributed by atoms with E-state index in [2.05, 4.69) is 20.6 Å². The quantitative estimate of drug-likeness (QED) is 0.491. The number of rotatable bonds is 7. The van der Waals surface area contributed by atoms with E-state index in [0.717, 1.165) is 5.56 Å². The van der Waals surface area contributed by atoms with Gasteiger partial charge < -0.3 is 25.8 Å². The summed E-state index contributed by atoms with van der Waals surface area (Å²) in [6, 6.07) is 14.3. The monoisotopic (exact) mass is 421 g/mol. The van der Waals surface area contributed by atoms with Gasteiger partial charge >= 0.3 is 11.9 Å². The number of nitrogens with one attached hydrogen (secondary N) is 2. The minimum atomic E-state index is -0.594. The maximum absolute atomic E-state index is 12.0. The molecule has 9 nitrogen and oxygen atoms in total. The third kappa shape index (κ3) is 5.08. The van der Waals surface area contributed by atoms with Crippen LogP contribution in [0.15, 0.2) is 54.9 Å². The molecule has 1 aromatic heterocycles. The number of carbonyl (C=O) groups excluding carboxylic acids is 2. The van der Waals surface area contributed by atoms with Crippen LogP contribution in [0.25, 0.3) is 0 Å². The van der Waals surface area contributed by atoms with E-state index in [9.17, 15) is 9.59 Å². The van der Waals surface area contributed by atoms with Crippen molar-refractivity contribution in [3.05, 3.63) is 71.5 Å². The summed E-state index contributed by atoms with van der Waals surface area (Å²) in [6.07, 6.45) is 1.37. The van der Waals surface area contributed by atoms with Crippen LogP contribution in [-0.4, -0.2) is 36.1 Å². The third-order valence-electron chi connectivity index (χ3n) is 4.57. The fourth-order valence-electron chi connectivity index (χ4n) is 2.95. The zero-order valence-electron chi connectivity index (χ0n) is 17.4. The van der Waals surface area contributed by atoms with E-state index in [1.165, 1.54) is 38.7 Å². The summed E-state index contributed by atoms with van der Waals surface area (Å²) in [6.45, 7) is 1.99. The molecule has 0 saturated carbocycles. The van der Waals surface area contributed by atoms with E-state index in [1.807, 2.05) is 37.3 Å². The van der Waals surface area contributed by atoms with Gasteiger partial charge in [-0.25, -0.2) is 19.6 Å². The van der Waals surface area contributed by atoms with Gasteiger partial charge in [-0.2, -0.15) is 0 Å². The molecule has 1 heterocycles. The molecule has 0 aliphatic heterocycles. The second-order valence-corrected chi connectivity index (χ2v) is 6.67. The number of ether oxygens (including phenoxy) is 2. The standard InChI is InChI=1S/C22H23N5O4/c1-13(14-7-5-4-6-8-14)26-19-18(23)20(25-12-24-19)27-17-10-15(21(28)30-2)9-16(11-17)22(29)31-3/h4-13H,23H2,1-3H3,(H2,24,25,26,27). The van der Waals surface area contributed by atoms with Crippen molar-refractivity contribution < 1.29 is 19.1 Å². The molecule has 0 aliphatic rings. The summed E-state index contributed by atoms with van der Waals surface area (Å²) in [7, 11) is 2.52. The molecule has 1 unspecified atom stereocenters. The number of nitrogens with two attached hydrogens (primary N) is 1. The summed E-state index contributed by atoms with van der Waals surface area (Å²) in [5.41, 5.74) is 8.40. The molecule has 31 heavy (non-hydrogen) atoms. The van der Waals surface area contributed by atoms with Gasteiger partial charge in [0.1, 0.15) is 12.0 Å². The minimum absolute atomic E-state index is 0.0418. The molecule has 4 N–H and O–H groups in total. The smallest absolute Gasteiger partial charge is 0.337 e. The summed E-state index contributed by atoms with van der Waals surface area (Å²) >= 11 is 0. The van der Waals surface area contributed by atoms with Crippen molar-refractivity contribution in [1.29, 1.82) is 0 Å². The van der Waals surface area contributed by atoms with Gasteiger partial charge in [-0.15, -0.1) is 0 Å². The molecular formula is C22H23N5O4. The van der Waals surface area contributed by atoms with E-state index in [4.69, 9.17) is 15.2 Å². The van der Waals surface area contributed by atoms with E-state index in [-0.39, 0.29) is 22.9 Å². The highest BCUT2D eigenvalue weighted by Crippen LogP contribution is 2.29. The number of hydrogen-bond acceptors (Lipinski definition) is 9. The molecule has 0 saturated heterocycles. The molecule has 0 spiro atoms. The Morgan fingerprint density at radius 2 is 1.52 bits per heavy atom. The molecule has 160 valence electrons. The molecule has 0 radical (unpaired) electrons. The Balaban J connectivity index is 1.90. The zero-order chi connectivity index (χ0) is 22.4. The van der Waals surface area contributed by atoms with Crippen LogP contribution in [0.5, 0.6) is 0 Å². The molecule has 0 bridgehead atoms. The van der Waals surface area contributed by atoms with Crippen molar-refractivity contribution in [1.82, 2.24) is 9.97 Å². The SMILES string of the molecule is COC(=O)c1cc(Nc2ncnc(NC(C)c3ccccc3)c2N)cc(C(=O)OC)c1. The fourth-order valence-corrected chi connectivity index (χ4v) is 2.95. The van der Waals surface area contributed by atoms with Crippen LogP contribution in [0, 0.1) is 0 Å². The van der Waals surface area contributed by atoms with Gasteiger partial charge in [-0.05, 0) is 30.7 Å². The molecule has 3 aromatic rings. The van der Waals surface area contributed by atoms with Crippen molar-refractivity contribution in [3.63, 3.8) is 0 Å². The molecule has 0 fully saturated rings. The molecule has 9 heteroatoms. The van der Waals surface area contributed by atoms with Gasteiger partial charge in [-0.3, -0.25) is 0 Å². The lowest BCUT2D eigenvalue weighted by Crippen LogP contribution is -2.12. The van der Waals surface area contributed by atoms with Gasteiger partial charge in [0, 0.05) is 5.69 Å². The van der Waals surface area contributed by atoms with Crippen molar-refractivity contribution in [2.24, 2.45) is 0 Å². The normalized spacial score (nSPS) is 11.3. The predicted octanol–water partition coefficient (Wildman–Crippen LogP) is 3.55. The van der Waals surface area contributed by atoms with Crippen LogP contribution in [0.1, 0.15) is 39.2 Å². The van der Waals surface area contributed by atoms with Crippen LogP contribution in [0.3, 0.4) is 0 Å². The molecular weight excluding hydrogens is 398 g/mol. The fraction of sp³-hybridized carbons (Fsp3) is 0.182. The lowest BCUT2D eigenvalue weighted by molar-refractivity contribution is 0.0599. The van der Waals surface area contributed by atoms with Crippen LogP contribution in [0.4, 0.5) is 23.0 Å². The van der Waals surface area contributed by atoms with Crippen molar-refractivity contribution in [2.45, 2.75) is 13.0 Å². The number of nitrogen functional groups attached to an aromatic ring is 1. The van der Waals surface area contributed by atoms with Crippen molar-refractivity contribution in [2.75, 3.05) is 30.6 Å². The van der Waals surface area contributed by atoms with Gasteiger partial charge in [0.15, 0.2) is 11.6 Å². The van der Waals surface area contributed by atoms with Gasteiger partial charge in [0.2, 0.25) is 0 Å². The van der Waals surface area contributed by atoms with Gasteiger partial charge in [-0.1, -0.05) is 30.3 Å². The van der Waals surface area contributed by atoms with E-state index in [0.29, 0.717) is 17.3 Å². The Hall–Kier alpha value is -4.14. The van der Waals surface area contributed by atoms with Gasteiger partial charge in [0.05, 0.1) is 31.4 Å². The molecule has 3 rings (SSSR count). The van der Waals surface area contributed by atoms with Gasteiger partial charge in [0.25, 0.3) is 0 Å². The number of esters is 2. The maximum atomic E-state index is 12.0. The number of anilines is 4. The van der Waals surface area contributed by atoms with E-state index in [1.54, 1.807) is 0 Å². The summed E-state index contributed by atoms with van der Waals surface area (Å²) in [5, 5.41) is 6.30. The van der Waals surface area contributed by atoms with Crippen LogP contribution in [-0.2, 0) is 9.47 Å². The minimum Gasteiger partial charge on any atom is -0.465 e. The Labute approximate surface area is 179 Å². The number of hydrogen-bond donors (Lipinski definition) is 3. The average Bonchev–Trinajstić information content (AvgIpc) is 2.80. The highest BCUT2D eigenvalue weighted by atomic mass is 16.5. The molecule has 2 aromatic carbocycles. The number of benzene rings is 2. The molecule has 1 atom stereocenters. The number of methoxy groups -OCH3 is 2. The molecule has 0 aliphatic carbocycles. The Morgan fingerprint density at radius 3 is 2.10 bits per heavy atom. The lowest BCUT2D eigenvalue weighted by atomic mass is 10.1. The highest BCUT2D eigenvalue weighted by molar-refractivity contribution is 5.97. The van der Waals surface area contributed by atoms with Crippen LogP contribution < -0.4 is 16.4 Å². The van der Waals surface area contributed by atoms with Crippen LogP contribution in [0.2, 0.25) is 0 Å². The Morgan fingerprint density at radius 1 is 0.935 bits per heavy atom. The first kappa shape index (κ1) is 21.6. The lowest BCUT2D eigenvalue weighted by Gasteiger charge is -2.18. The second kappa shape index (κ2) is 9.57. The zero-order valence-corrected chi connectivity index (χ0v) is 17.4. The summed E-state index contributed by atoms with van der Waals surface area (Å²) in [5.74, 6) is -0.422. The first-order chi connectivity index (χ1) is 14.9.